The van der Waals surface area contributed by atoms with Crippen molar-refractivity contribution in [2.24, 2.45) is 0 Å². The third-order valence-electron chi connectivity index (χ3n) is 4.68. The SMILES string of the molecule is COc1ccccc1NS(=O)(=O)c1cc([N+](=O)[O-])ccc1N(C)Cc1cccc(C#N)c1. The van der Waals surface area contributed by atoms with Crippen LogP contribution >= 0.6 is 0 Å². The number of benzene rings is 3. The molecule has 3 aromatic carbocycles. The highest BCUT2D eigenvalue weighted by Gasteiger charge is 2.25. The van der Waals surface area contributed by atoms with E-state index < -0.39 is 14.9 Å². The molecule has 9 nitrogen and oxygen atoms in total. The Balaban J connectivity index is 2.04. The van der Waals surface area contributed by atoms with Crippen molar-refractivity contribution in [3.63, 3.8) is 0 Å². The first-order valence-corrected chi connectivity index (χ1v) is 10.9. The number of nitro groups is 1. The standard InChI is InChI=1S/C22H20N4O5S/c1-25(15-17-7-5-6-16(12-17)14-23)20-11-10-18(26(27)28)13-22(20)32(29,30)24-19-8-3-4-9-21(19)31-2/h3-13,24H,15H2,1-2H3. The van der Waals surface area contributed by atoms with Gasteiger partial charge in [0.05, 0.1) is 35.0 Å². The molecule has 0 fully saturated rings. The van der Waals surface area contributed by atoms with Crippen LogP contribution in [-0.2, 0) is 16.6 Å². The van der Waals surface area contributed by atoms with Crippen molar-refractivity contribution in [3.8, 4) is 11.8 Å². The van der Waals surface area contributed by atoms with Gasteiger partial charge in [-0.15, -0.1) is 0 Å². The van der Waals surface area contributed by atoms with Crippen molar-refractivity contribution < 1.29 is 18.1 Å². The van der Waals surface area contributed by atoms with E-state index >= 15 is 0 Å². The lowest BCUT2D eigenvalue weighted by atomic mass is 10.1. The van der Waals surface area contributed by atoms with E-state index in [1.165, 1.54) is 25.3 Å². The molecule has 0 saturated carbocycles. The van der Waals surface area contributed by atoms with Gasteiger partial charge in [-0.2, -0.15) is 5.26 Å². The zero-order valence-electron chi connectivity index (χ0n) is 17.3. The second-order valence-corrected chi connectivity index (χ2v) is 8.53. The largest absolute Gasteiger partial charge is 0.495 e. The summed E-state index contributed by atoms with van der Waals surface area (Å²) in [6, 6.07) is 19.1. The van der Waals surface area contributed by atoms with Gasteiger partial charge in [-0.25, -0.2) is 8.42 Å². The summed E-state index contributed by atoms with van der Waals surface area (Å²) in [6.07, 6.45) is 0. The molecular formula is C22H20N4O5S. The van der Waals surface area contributed by atoms with Gasteiger partial charge in [0.2, 0.25) is 0 Å². The third kappa shape index (κ3) is 4.96. The van der Waals surface area contributed by atoms with Gasteiger partial charge < -0.3 is 9.64 Å². The van der Waals surface area contributed by atoms with Crippen molar-refractivity contribution in [2.45, 2.75) is 11.4 Å². The maximum Gasteiger partial charge on any atom is 0.270 e. The molecule has 0 unspecified atom stereocenters. The number of nitrogens with one attached hydrogen (secondary N) is 1. The van der Waals surface area contributed by atoms with Gasteiger partial charge in [-0.3, -0.25) is 14.8 Å². The normalized spacial score (nSPS) is 10.8. The molecule has 0 amide bonds. The number of anilines is 2. The van der Waals surface area contributed by atoms with Gasteiger partial charge in [0, 0.05) is 25.7 Å². The zero-order valence-corrected chi connectivity index (χ0v) is 18.2. The smallest absolute Gasteiger partial charge is 0.270 e. The summed E-state index contributed by atoms with van der Waals surface area (Å²) in [7, 11) is -1.13. The van der Waals surface area contributed by atoms with Crippen LogP contribution in [0.4, 0.5) is 17.1 Å². The lowest BCUT2D eigenvalue weighted by Gasteiger charge is -2.23. The molecule has 0 aromatic heterocycles. The Kier molecular flexibility index (Phi) is 6.61. The Hall–Kier alpha value is -4.10. The topological polar surface area (TPSA) is 126 Å². The number of hydrogen-bond donors (Lipinski definition) is 1. The first-order chi connectivity index (χ1) is 15.2. The molecule has 0 heterocycles. The van der Waals surface area contributed by atoms with E-state index in [0.29, 0.717) is 11.3 Å². The van der Waals surface area contributed by atoms with E-state index in [2.05, 4.69) is 10.8 Å². The highest BCUT2D eigenvalue weighted by molar-refractivity contribution is 7.93. The van der Waals surface area contributed by atoms with Crippen LogP contribution < -0.4 is 14.4 Å². The summed E-state index contributed by atoms with van der Waals surface area (Å²) in [6.45, 7) is 0.282. The summed E-state index contributed by atoms with van der Waals surface area (Å²) in [4.78, 5) is 12.1. The lowest BCUT2D eigenvalue weighted by Crippen LogP contribution is -2.22. The minimum atomic E-state index is -4.21. The van der Waals surface area contributed by atoms with Crippen LogP contribution in [0.5, 0.6) is 5.75 Å². The first kappa shape index (κ1) is 22.6. The van der Waals surface area contributed by atoms with E-state index in [1.54, 1.807) is 48.3 Å². The molecule has 0 aliphatic carbocycles. The van der Waals surface area contributed by atoms with Crippen molar-refractivity contribution in [1.82, 2.24) is 0 Å². The number of sulfonamides is 1. The van der Waals surface area contributed by atoms with Crippen LogP contribution in [0.3, 0.4) is 0 Å². The number of rotatable bonds is 8. The molecule has 164 valence electrons. The van der Waals surface area contributed by atoms with Gasteiger partial charge >= 0.3 is 0 Å². The molecule has 0 radical (unpaired) electrons. The molecule has 1 N–H and O–H groups in total. The second kappa shape index (κ2) is 9.36. The summed E-state index contributed by atoms with van der Waals surface area (Å²) < 4.78 is 34.2. The van der Waals surface area contributed by atoms with Crippen molar-refractivity contribution in [2.75, 3.05) is 23.8 Å². The summed E-state index contributed by atoms with van der Waals surface area (Å²) in [5.41, 5.74) is 1.38. The van der Waals surface area contributed by atoms with Crippen molar-refractivity contribution in [1.29, 1.82) is 5.26 Å². The molecule has 0 saturated heterocycles. The molecule has 0 bridgehead atoms. The van der Waals surface area contributed by atoms with E-state index in [4.69, 9.17) is 10.00 Å². The van der Waals surface area contributed by atoms with E-state index in [1.807, 2.05) is 6.07 Å². The summed E-state index contributed by atoms with van der Waals surface area (Å²) >= 11 is 0. The quantitative estimate of drug-likeness (QED) is 0.406. The maximum absolute atomic E-state index is 13.3. The molecule has 3 aromatic rings. The number of nitriles is 1. The van der Waals surface area contributed by atoms with Gasteiger partial charge in [0.1, 0.15) is 10.6 Å². The Bertz CT molecular complexity index is 1300. The molecular weight excluding hydrogens is 432 g/mol. The number of ether oxygens (including phenoxy) is 1. The van der Waals surface area contributed by atoms with E-state index in [0.717, 1.165) is 11.6 Å². The minimum Gasteiger partial charge on any atom is -0.495 e. The molecule has 0 atom stereocenters. The maximum atomic E-state index is 13.3. The average Bonchev–Trinajstić information content (AvgIpc) is 2.78. The number of nitrogens with zero attached hydrogens (tertiary/aromatic N) is 3. The summed E-state index contributed by atoms with van der Waals surface area (Å²) in [5, 5.41) is 20.4. The monoisotopic (exact) mass is 452 g/mol. The number of non-ortho nitro benzene ring substituents is 1. The van der Waals surface area contributed by atoms with Crippen molar-refractivity contribution >= 4 is 27.1 Å². The molecule has 0 spiro atoms. The third-order valence-corrected chi connectivity index (χ3v) is 6.08. The average molecular weight is 452 g/mol. The fourth-order valence-corrected chi connectivity index (χ4v) is 4.52. The Morgan fingerprint density at radius 3 is 2.56 bits per heavy atom. The molecule has 10 heteroatoms. The molecule has 32 heavy (non-hydrogen) atoms. The van der Waals surface area contributed by atoms with Crippen LogP contribution in [0, 0.1) is 21.4 Å². The molecule has 0 aliphatic heterocycles. The van der Waals surface area contributed by atoms with Crippen LogP contribution in [0.15, 0.2) is 71.6 Å². The minimum absolute atomic E-state index is 0.205. The van der Waals surface area contributed by atoms with Gasteiger partial charge in [-0.1, -0.05) is 24.3 Å². The first-order valence-electron chi connectivity index (χ1n) is 9.39. The van der Waals surface area contributed by atoms with Gasteiger partial charge in [0.15, 0.2) is 0 Å². The van der Waals surface area contributed by atoms with Crippen LogP contribution in [0.1, 0.15) is 11.1 Å². The van der Waals surface area contributed by atoms with Crippen LogP contribution in [0.2, 0.25) is 0 Å². The second-order valence-electron chi connectivity index (χ2n) is 6.88. The highest BCUT2D eigenvalue weighted by Crippen LogP contribution is 2.33. The molecule has 0 aliphatic rings. The van der Waals surface area contributed by atoms with E-state index in [-0.39, 0.29) is 28.5 Å². The van der Waals surface area contributed by atoms with E-state index in [9.17, 15) is 18.5 Å². The lowest BCUT2D eigenvalue weighted by molar-refractivity contribution is -0.385. The number of nitro benzene ring substituents is 1. The van der Waals surface area contributed by atoms with Gasteiger partial charge in [0.25, 0.3) is 15.7 Å². The number of hydrogen-bond acceptors (Lipinski definition) is 7. The Labute approximate surface area is 185 Å². The molecule has 3 rings (SSSR count). The fraction of sp³-hybridized carbons (Fsp3) is 0.136. The predicted octanol–water partition coefficient (Wildman–Crippen LogP) is 3.91. The summed E-state index contributed by atoms with van der Waals surface area (Å²) in [5.74, 6) is 0.310. The number of para-hydroxylation sites is 2. The Morgan fingerprint density at radius 1 is 1.12 bits per heavy atom. The van der Waals surface area contributed by atoms with Crippen molar-refractivity contribution in [3.05, 3.63) is 88.0 Å². The predicted molar refractivity (Wildman–Crippen MR) is 120 cm³/mol. The van der Waals surface area contributed by atoms with Gasteiger partial charge in [-0.05, 0) is 35.9 Å². The fourth-order valence-electron chi connectivity index (χ4n) is 3.17. The zero-order chi connectivity index (χ0) is 23.3. The highest BCUT2D eigenvalue weighted by atomic mass is 32.2. The number of methoxy groups -OCH3 is 1. The Morgan fingerprint density at radius 2 is 1.88 bits per heavy atom. The van der Waals surface area contributed by atoms with Crippen LogP contribution in [-0.4, -0.2) is 27.5 Å². The van der Waals surface area contributed by atoms with Crippen LogP contribution in [0.25, 0.3) is 0 Å².